The first-order valence-electron chi connectivity index (χ1n) is 8.65. The van der Waals surface area contributed by atoms with E-state index in [1.165, 1.54) is 19.8 Å². The average molecular weight is 385 g/mol. The number of carbonyl (C=O) groups excluding carboxylic acids is 1. The molecule has 3 aromatic rings. The fourth-order valence-corrected chi connectivity index (χ4v) is 3.25. The Morgan fingerprint density at radius 2 is 2.07 bits per heavy atom. The highest BCUT2D eigenvalue weighted by Gasteiger charge is 2.45. The van der Waals surface area contributed by atoms with Gasteiger partial charge in [0.2, 0.25) is 0 Å². The van der Waals surface area contributed by atoms with E-state index in [1.807, 2.05) is 6.07 Å². The Labute approximate surface area is 159 Å². The van der Waals surface area contributed by atoms with E-state index >= 15 is 0 Å². The summed E-state index contributed by atoms with van der Waals surface area (Å²) in [6, 6.07) is 8.74. The highest BCUT2D eigenvalue weighted by molar-refractivity contribution is 6.06. The molecule has 4 rings (SSSR count). The minimum absolute atomic E-state index is 0.254. The zero-order valence-electron chi connectivity index (χ0n) is 15.0. The fourth-order valence-electron chi connectivity index (χ4n) is 3.25. The maximum atomic E-state index is 12.4. The summed E-state index contributed by atoms with van der Waals surface area (Å²) in [7, 11) is 1.45. The number of aliphatic hydroxyl groups excluding tert-OH is 2. The highest BCUT2D eigenvalue weighted by Crippen LogP contribution is 2.33. The van der Waals surface area contributed by atoms with Gasteiger partial charge in [0.1, 0.15) is 24.6 Å². The second kappa shape index (κ2) is 7.60. The molecule has 1 aromatic carbocycles. The zero-order chi connectivity index (χ0) is 19.7. The highest BCUT2D eigenvalue weighted by atomic mass is 16.6. The third-order valence-electron chi connectivity index (χ3n) is 4.67. The first-order valence-corrected chi connectivity index (χ1v) is 8.65. The number of benzene rings is 1. The Morgan fingerprint density at radius 3 is 2.79 bits per heavy atom. The predicted octanol–water partition coefficient (Wildman–Crippen LogP) is 0.344. The average Bonchev–Trinajstić information content (AvgIpc) is 3.29. The van der Waals surface area contributed by atoms with Crippen molar-refractivity contribution < 1.29 is 24.5 Å². The maximum Gasteiger partial charge on any atom is 0.256 e. The predicted molar refractivity (Wildman–Crippen MR) is 97.5 cm³/mol. The molecule has 3 heterocycles. The first-order chi connectivity index (χ1) is 13.6. The Kier molecular flexibility index (Phi) is 5.01. The van der Waals surface area contributed by atoms with Gasteiger partial charge in [-0.3, -0.25) is 9.36 Å². The maximum absolute atomic E-state index is 12.4. The third-order valence-corrected chi connectivity index (χ3v) is 4.67. The summed E-state index contributed by atoms with van der Waals surface area (Å²) in [5.41, 5.74) is 1.25. The van der Waals surface area contributed by atoms with Gasteiger partial charge in [0.05, 0.1) is 12.9 Å². The lowest BCUT2D eigenvalue weighted by Crippen LogP contribution is -2.34. The van der Waals surface area contributed by atoms with E-state index in [0.29, 0.717) is 16.7 Å². The van der Waals surface area contributed by atoms with Gasteiger partial charge < -0.3 is 25.0 Å². The van der Waals surface area contributed by atoms with Gasteiger partial charge in [-0.25, -0.2) is 15.0 Å². The number of methoxy groups -OCH3 is 1. The van der Waals surface area contributed by atoms with Crippen LogP contribution in [0.2, 0.25) is 0 Å². The second-order valence-corrected chi connectivity index (χ2v) is 6.31. The smallest absolute Gasteiger partial charge is 0.256 e. The fraction of sp³-hybridized carbons (Fsp3) is 0.333. The van der Waals surface area contributed by atoms with Crippen LogP contribution in [0.5, 0.6) is 0 Å². The Morgan fingerprint density at radius 1 is 1.29 bits per heavy atom. The van der Waals surface area contributed by atoms with Crippen molar-refractivity contribution in [2.45, 2.75) is 24.5 Å². The molecule has 2 aromatic heterocycles. The number of hydrogen-bond acceptors (Lipinski definition) is 8. The number of ether oxygens (including phenoxy) is 2. The third kappa shape index (κ3) is 3.12. The minimum Gasteiger partial charge on any atom is -0.394 e. The van der Waals surface area contributed by atoms with Crippen molar-refractivity contribution in [1.82, 2.24) is 19.5 Å². The molecule has 4 atom stereocenters. The number of aromatic nitrogens is 4. The van der Waals surface area contributed by atoms with Gasteiger partial charge in [-0.2, -0.15) is 0 Å². The van der Waals surface area contributed by atoms with Crippen molar-refractivity contribution in [1.29, 1.82) is 0 Å². The lowest BCUT2D eigenvalue weighted by Gasteiger charge is -2.19. The van der Waals surface area contributed by atoms with Crippen LogP contribution in [-0.4, -0.2) is 67.7 Å². The lowest BCUT2D eigenvalue weighted by molar-refractivity contribution is -0.0583. The number of hydrogen-bond donors (Lipinski definition) is 3. The molecule has 1 fully saturated rings. The summed E-state index contributed by atoms with van der Waals surface area (Å²) in [5.74, 6) is -0.0679. The molecule has 0 saturated carbocycles. The number of amides is 1. The van der Waals surface area contributed by atoms with Gasteiger partial charge in [0.25, 0.3) is 5.91 Å². The SMILES string of the molecule is CO[C@H]1[C@@H](O)[C@H](CO)O[C@@H]1n1cnc2c(NC(=O)c3ccccc3)ncnc21. The monoisotopic (exact) mass is 385 g/mol. The van der Waals surface area contributed by atoms with Crippen molar-refractivity contribution in [2.75, 3.05) is 19.0 Å². The van der Waals surface area contributed by atoms with Gasteiger partial charge in [-0.1, -0.05) is 18.2 Å². The van der Waals surface area contributed by atoms with Crippen LogP contribution in [-0.2, 0) is 9.47 Å². The molecule has 1 amide bonds. The van der Waals surface area contributed by atoms with Crippen LogP contribution in [0, 0.1) is 0 Å². The van der Waals surface area contributed by atoms with Crippen molar-refractivity contribution >= 4 is 22.9 Å². The van der Waals surface area contributed by atoms with Crippen molar-refractivity contribution in [2.24, 2.45) is 0 Å². The number of carbonyl (C=O) groups is 1. The van der Waals surface area contributed by atoms with Crippen LogP contribution >= 0.6 is 0 Å². The quantitative estimate of drug-likeness (QED) is 0.573. The number of rotatable bonds is 5. The molecule has 0 radical (unpaired) electrons. The minimum atomic E-state index is -1.00. The zero-order valence-corrected chi connectivity index (χ0v) is 15.0. The van der Waals surface area contributed by atoms with E-state index in [4.69, 9.17) is 9.47 Å². The largest absolute Gasteiger partial charge is 0.394 e. The van der Waals surface area contributed by atoms with Crippen LogP contribution in [0.25, 0.3) is 11.2 Å². The molecule has 0 unspecified atom stereocenters. The summed E-state index contributed by atoms with van der Waals surface area (Å²) >= 11 is 0. The normalized spacial score (nSPS) is 24.5. The molecule has 3 N–H and O–H groups in total. The number of fused-ring (bicyclic) bond motifs is 1. The van der Waals surface area contributed by atoms with Crippen LogP contribution in [0.3, 0.4) is 0 Å². The van der Waals surface area contributed by atoms with Crippen molar-refractivity contribution in [3.63, 3.8) is 0 Å². The molecule has 10 heteroatoms. The second-order valence-electron chi connectivity index (χ2n) is 6.31. The summed E-state index contributed by atoms with van der Waals surface area (Å²) in [5, 5.41) is 22.4. The molecule has 146 valence electrons. The summed E-state index contributed by atoms with van der Waals surface area (Å²) in [4.78, 5) is 25.1. The molecule has 1 aliphatic rings. The van der Waals surface area contributed by atoms with Gasteiger partial charge in [-0.15, -0.1) is 0 Å². The molecular weight excluding hydrogens is 366 g/mol. The van der Waals surface area contributed by atoms with Crippen LogP contribution in [0.1, 0.15) is 16.6 Å². The van der Waals surface area contributed by atoms with E-state index in [-0.39, 0.29) is 18.3 Å². The summed E-state index contributed by atoms with van der Waals surface area (Å²) < 4.78 is 12.7. The van der Waals surface area contributed by atoms with E-state index in [0.717, 1.165) is 0 Å². The van der Waals surface area contributed by atoms with Gasteiger partial charge in [0, 0.05) is 12.7 Å². The number of nitrogens with one attached hydrogen (secondary N) is 1. The Balaban J connectivity index is 1.66. The number of nitrogens with zero attached hydrogens (tertiary/aromatic N) is 4. The molecule has 0 bridgehead atoms. The van der Waals surface area contributed by atoms with E-state index in [9.17, 15) is 15.0 Å². The van der Waals surface area contributed by atoms with Gasteiger partial charge in [-0.05, 0) is 12.1 Å². The van der Waals surface area contributed by atoms with E-state index in [1.54, 1.807) is 28.8 Å². The number of imidazole rings is 1. The standard InChI is InChI=1S/C18H19N5O5/c1-27-14-13(25)11(7-24)28-18(14)23-9-21-12-15(19-8-20-16(12)23)22-17(26)10-5-3-2-4-6-10/h2-6,8-9,11,13-14,18,24-25H,7H2,1H3,(H,19,20,22,26)/t11-,13-,14-,18-/m0/s1. The van der Waals surface area contributed by atoms with Crippen molar-refractivity contribution in [3.8, 4) is 0 Å². The summed E-state index contributed by atoms with van der Waals surface area (Å²) in [6.45, 7) is -0.350. The molecule has 0 spiro atoms. The molecule has 28 heavy (non-hydrogen) atoms. The Hall–Kier alpha value is -2.92. The summed E-state index contributed by atoms with van der Waals surface area (Å²) in [6.07, 6.45) is -0.469. The topological polar surface area (TPSA) is 132 Å². The van der Waals surface area contributed by atoms with Crippen molar-refractivity contribution in [3.05, 3.63) is 48.5 Å². The molecule has 1 aliphatic heterocycles. The van der Waals surface area contributed by atoms with Crippen LogP contribution in [0.4, 0.5) is 5.82 Å². The molecular formula is C18H19N5O5. The lowest BCUT2D eigenvalue weighted by atomic mass is 10.1. The van der Waals surface area contributed by atoms with Gasteiger partial charge in [0.15, 0.2) is 23.2 Å². The first kappa shape index (κ1) is 18.4. The van der Waals surface area contributed by atoms with Gasteiger partial charge >= 0.3 is 0 Å². The van der Waals surface area contributed by atoms with E-state index < -0.39 is 24.5 Å². The van der Waals surface area contributed by atoms with E-state index in [2.05, 4.69) is 20.3 Å². The molecule has 10 nitrogen and oxygen atoms in total. The number of anilines is 1. The van der Waals surface area contributed by atoms with Crippen LogP contribution in [0.15, 0.2) is 43.0 Å². The number of aliphatic hydroxyl groups is 2. The Bertz CT molecular complexity index is 979. The molecule has 0 aliphatic carbocycles. The van der Waals surface area contributed by atoms with Crippen LogP contribution < -0.4 is 5.32 Å². The molecule has 1 saturated heterocycles.